The molecule has 1 rings (SSSR count). The molecule has 0 aliphatic heterocycles. The number of aryl methyl sites for hydroxylation is 2. The lowest BCUT2D eigenvalue weighted by molar-refractivity contribution is 0.108. The van der Waals surface area contributed by atoms with Crippen LogP contribution in [-0.4, -0.2) is 9.68 Å². The smallest absolute Gasteiger partial charge is 0.250 e. The van der Waals surface area contributed by atoms with Crippen LogP contribution in [0, 0.1) is 17.6 Å². The summed E-state index contributed by atoms with van der Waals surface area (Å²) >= 11 is 0.673. The summed E-state index contributed by atoms with van der Waals surface area (Å²) in [5, 5.41) is 9.95. The molecule has 68 valence electrons. The molecule has 0 fully saturated rings. The number of hydrogen-bond donors (Lipinski definition) is 0. The SMILES string of the molecule is CCn1cc(C)cc1C(=O)SC#N. The number of rotatable bonds is 2. The van der Waals surface area contributed by atoms with Crippen LogP contribution in [0.2, 0.25) is 0 Å². The summed E-state index contributed by atoms with van der Waals surface area (Å²) in [4.78, 5) is 11.4. The second kappa shape index (κ2) is 4.15. The molecule has 0 atom stereocenters. The molecule has 1 heterocycles. The molecule has 0 aromatic carbocycles. The molecule has 1 aromatic heterocycles. The normalized spacial score (nSPS) is 9.62. The van der Waals surface area contributed by atoms with E-state index in [-0.39, 0.29) is 5.12 Å². The van der Waals surface area contributed by atoms with Gasteiger partial charge in [-0.1, -0.05) is 0 Å². The number of carbonyl (C=O) groups excluding carboxylic acids is 1. The van der Waals surface area contributed by atoms with E-state index < -0.39 is 0 Å². The Hall–Kier alpha value is -1.21. The van der Waals surface area contributed by atoms with E-state index >= 15 is 0 Å². The van der Waals surface area contributed by atoms with Crippen molar-refractivity contribution in [2.45, 2.75) is 20.4 Å². The molecule has 0 radical (unpaired) electrons. The predicted octanol–water partition coefficient (Wildman–Crippen LogP) is 2.17. The van der Waals surface area contributed by atoms with Crippen molar-refractivity contribution >= 4 is 16.9 Å². The van der Waals surface area contributed by atoms with Crippen molar-refractivity contribution in [3.63, 3.8) is 0 Å². The summed E-state index contributed by atoms with van der Waals surface area (Å²) in [6.45, 7) is 4.65. The molecule has 0 aliphatic carbocycles. The van der Waals surface area contributed by atoms with Crippen LogP contribution in [0.25, 0.3) is 0 Å². The van der Waals surface area contributed by atoms with Gasteiger partial charge in [0.15, 0.2) is 0 Å². The molecule has 0 N–H and O–H groups in total. The predicted molar refractivity (Wildman–Crippen MR) is 52.4 cm³/mol. The van der Waals surface area contributed by atoms with Crippen molar-refractivity contribution < 1.29 is 4.79 Å². The maximum Gasteiger partial charge on any atom is 0.250 e. The molecule has 0 aliphatic rings. The van der Waals surface area contributed by atoms with Crippen LogP contribution in [0.3, 0.4) is 0 Å². The minimum Gasteiger partial charge on any atom is -0.344 e. The highest BCUT2D eigenvalue weighted by Gasteiger charge is 2.11. The van der Waals surface area contributed by atoms with Crippen LogP contribution in [0.4, 0.5) is 0 Å². The fourth-order valence-corrected chi connectivity index (χ4v) is 1.55. The third-order valence-electron chi connectivity index (χ3n) is 1.72. The molecular formula is C9H10N2OS. The fourth-order valence-electron chi connectivity index (χ4n) is 1.18. The zero-order valence-electron chi connectivity index (χ0n) is 7.57. The van der Waals surface area contributed by atoms with Crippen molar-refractivity contribution in [1.82, 2.24) is 4.57 Å². The van der Waals surface area contributed by atoms with Crippen molar-refractivity contribution in [3.8, 4) is 5.40 Å². The Balaban J connectivity index is 2.99. The Labute approximate surface area is 81.4 Å². The van der Waals surface area contributed by atoms with E-state index in [1.807, 2.05) is 24.6 Å². The molecule has 0 amide bonds. The number of nitrogens with zero attached hydrogens (tertiary/aromatic N) is 2. The Morgan fingerprint density at radius 3 is 3.00 bits per heavy atom. The molecule has 0 unspecified atom stereocenters. The molecule has 0 saturated heterocycles. The highest BCUT2D eigenvalue weighted by atomic mass is 32.2. The van der Waals surface area contributed by atoms with Crippen LogP contribution in [0.1, 0.15) is 23.0 Å². The molecule has 0 bridgehead atoms. The molecule has 4 heteroatoms. The van der Waals surface area contributed by atoms with Gasteiger partial charge in [-0.2, -0.15) is 5.26 Å². The lowest BCUT2D eigenvalue weighted by Crippen LogP contribution is -2.03. The average molecular weight is 194 g/mol. The summed E-state index contributed by atoms with van der Waals surface area (Å²) < 4.78 is 1.85. The van der Waals surface area contributed by atoms with Gasteiger partial charge in [0.2, 0.25) is 5.12 Å². The Morgan fingerprint density at radius 1 is 1.77 bits per heavy atom. The topological polar surface area (TPSA) is 45.8 Å². The standard InChI is InChI=1S/C9H10N2OS/c1-3-11-5-7(2)4-8(11)9(12)13-6-10/h4-5H,3H2,1-2H3. The minimum atomic E-state index is -0.183. The van der Waals surface area contributed by atoms with E-state index in [4.69, 9.17) is 5.26 Å². The number of thioether (sulfide) groups is 1. The average Bonchev–Trinajstić information content (AvgIpc) is 2.47. The second-order valence-corrected chi connectivity index (χ2v) is 3.43. The Kier molecular flexibility index (Phi) is 3.15. The number of carbonyl (C=O) groups is 1. The first kappa shape index (κ1) is 9.87. The van der Waals surface area contributed by atoms with E-state index in [0.717, 1.165) is 12.1 Å². The van der Waals surface area contributed by atoms with Crippen LogP contribution in [0.5, 0.6) is 0 Å². The van der Waals surface area contributed by atoms with E-state index in [1.54, 1.807) is 11.5 Å². The van der Waals surface area contributed by atoms with Crippen molar-refractivity contribution in [3.05, 3.63) is 23.5 Å². The zero-order valence-corrected chi connectivity index (χ0v) is 8.39. The highest BCUT2D eigenvalue weighted by Crippen LogP contribution is 2.14. The van der Waals surface area contributed by atoms with E-state index in [1.165, 1.54) is 0 Å². The van der Waals surface area contributed by atoms with Gasteiger partial charge in [-0.25, -0.2) is 0 Å². The number of hydrogen-bond acceptors (Lipinski definition) is 3. The maximum absolute atomic E-state index is 11.4. The van der Waals surface area contributed by atoms with Crippen LogP contribution >= 0.6 is 11.8 Å². The first-order valence-corrected chi connectivity index (χ1v) is 4.77. The lowest BCUT2D eigenvalue weighted by Gasteiger charge is -2.00. The van der Waals surface area contributed by atoms with Gasteiger partial charge in [-0.05, 0) is 25.5 Å². The Morgan fingerprint density at radius 2 is 2.46 bits per heavy atom. The minimum absolute atomic E-state index is 0.183. The summed E-state index contributed by atoms with van der Waals surface area (Å²) in [6, 6.07) is 1.80. The third-order valence-corrected chi connectivity index (χ3v) is 2.21. The maximum atomic E-state index is 11.4. The van der Waals surface area contributed by atoms with E-state index in [2.05, 4.69) is 0 Å². The highest BCUT2D eigenvalue weighted by molar-refractivity contribution is 8.18. The first-order valence-electron chi connectivity index (χ1n) is 3.96. The quantitative estimate of drug-likeness (QED) is 0.678. The second-order valence-electron chi connectivity index (χ2n) is 2.67. The van der Waals surface area contributed by atoms with Crippen LogP contribution in [-0.2, 0) is 6.54 Å². The van der Waals surface area contributed by atoms with Crippen LogP contribution in [0.15, 0.2) is 12.3 Å². The monoisotopic (exact) mass is 194 g/mol. The number of nitriles is 1. The van der Waals surface area contributed by atoms with Gasteiger partial charge in [0.05, 0.1) is 5.69 Å². The fraction of sp³-hybridized carbons (Fsp3) is 0.333. The van der Waals surface area contributed by atoms with Gasteiger partial charge < -0.3 is 4.57 Å². The number of aromatic nitrogens is 1. The van der Waals surface area contributed by atoms with Gasteiger partial charge >= 0.3 is 0 Å². The van der Waals surface area contributed by atoms with Gasteiger partial charge in [-0.15, -0.1) is 0 Å². The van der Waals surface area contributed by atoms with E-state index in [9.17, 15) is 4.79 Å². The zero-order chi connectivity index (χ0) is 9.84. The number of thiocyanates is 1. The largest absolute Gasteiger partial charge is 0.344 e. The van der Waals surface area contributed by atoms with Gasteiger partial charge in [0.1, 0.15) is 5.40 Å². The molecule has 0 spiro atoms. The van der Waals surface area contributed by atoms with Gasteiger partial charge in [-0.3, -0.25) is 4.79 Å². The first-order chi connectivity index (χ1) is 6.19. The van der Waals surface area contributed by atoms with Crippen molar-refractivity contribution in [2.75, 3.05) is 0 Å². The molecule has 1 aromatic rings. The summed E-state index contributed by atoms with van der Waals surface area (Å²) in [5.74, 6) is 0. The van der Waals surface area contributed by atoms with Gasteiger partial charge in [0, 0.05) is 24.5 Å². The summed E-state index contributed by atoms with van der Waals surface area (Å²) in [6.07, 6.45) is 1.91. The van der Waals surface area contributed by atoms with E-state index in [0.29, 0.717) is 17.5 Å². The molecule has 0 saturated carbocycles. The third kappa shape index (κ3) is 2.13. The summed E-state index contributed by atoms with van der Waals surface area (Å²) in [5.41, 5.74) is 1.65. The molecule has 3 nitrogen and oxygen atoms in total. The van der Waals surface area contributed by atoms with Crippen molar-refractivity contribution in [2.24, 2.45) is 0 Å². The molecular weight excluding hydrogens is 184 g/mol. The Bertz CT molecular complexity index is 362. The lowest BCUT2D eigenvalue weighted by atomic mass is 10.3. The van der Waals surface area contributed by atoms with Gasteiger partial charge in [0.25, 0.3) is 0 Å². The van der Waals surface area contributed by atoms with Crippen molar-refractivity contribution in [1.29, 1.82) is 5.26 Å². The van der Waals surface area contributed by atoms with Crippen LogP contribution < -0.4 is 0 Å². The summed E-state index contributed by atoms with van der Waals surface area (Å²) in [7, 11) is 0. The molecule has 13 heavy (non-hydrogen) atoms.